The fourth-order valence-corrected chi connectivity index (χ4v) is 2.32. The third-order valence-electron chi connectivity index (χ3n) is 2.81. The SMILES string of the molecule is Nc1ccc(-c2nc3cc(S(=O)(=O)O)ccc3o2)cc1. The average Bonchev–Trinajstić information content (AvgIpc) is 2.81. The molecule has 0 aliphatic carbocycles. The van der Waals surface area contributed by atoms with Crippen LogP contribution in [0.25, 0.3) is 22.6 Å². The van der Waals surface area contributed by atoms with Gasteiger partial charge < -0.3 is 10.2 Å². The highest BCUT2D eigenvalue weighted by Gasteiger charge is 2.14. The van der Waals surface area contributed by atoms with E-state index in [0.717, 1.165) is 5.56 Å². The van der Waals surface area contributed by atoms with Crippen LogP contribution in [0.5, 0.6) is 0 Å². The van der Waals surface area contributed by atoms with Crippen LogP contribution >= 0.6 is 0 Å². The summed E-state index contributed by atoms with van der Waals surface area (Å²) in [5, 5.41) is 0. The Kier molecular flexibility index (Phi) is 2.73. The van der Waals surface area contributed by atoms with Crippen LogP contribution in [-0.2, 0) is 10.1 Å². The number of nitrogens with zero attached hydrogens (tertiary/aromatic N) is 1. The molecule has 1 heterocycles. The van der Waals surface area contributed by atoms with E-state index in [-0.39, 0.29) is 4.90 Å². The van der Waals surface area contributed by atoms with Crippen LogP contribution < -0.4 is 5.73 Å². The van der Waals surface area contributed by atoms with Gasteiger partial charge in [0.2, 0.25) is 5.89 Å². The third kappa shape index (κ3) is 2.24. The highest BCUT2D eigenvalue weighted by Crippen LogP contribution is 2.26. The Morgan fingerprint density at radius 1 is 1.10 bits per heavy atom. The highest BCUT2D eigenvalue weighted by atomic mass is 32.2. The van der Waals surface area contributed by atoms with Gasteiger partial charge in [0, 0.05) is 11.3 Å². The first-order valence-corrected chi connectivity index (χ1v) is 7.11. The molecule has 0 fully saturated rings. The van der Waals surface area contributed by atoms with Gasteiger partial charge in [-0.2, -0.15) is 8.42 Å². The van der Waals surface area contributed by atoms with Crippen LogP contribution in [0, 0.1) is 0 Å². The van der Waals surface area contributed by atoms with Crippen molar-refractivity contribution in [3.8, 4) is 11.5 Å². The molecule has 0 saturated carbocycles. The van der Waals surface area contributed by atoms with Crippen LogP contribution in [0.3, 0.4) is 0 Å². The summed E-state index contributed by atoms with van der Waals surface area (Å²) in [4.78, 5) is 3.98. The Balaban J connectivity index is 2.13. The lowest BCUT2D eigenvalue weighted by Gasteiger charge is -1.95. The zero-order valence-electron chi connectivity index (χ0n) is 10.1. The molecule has 0 unspecified atom stereocenters. The van der Waals surface area contributed by atoms with Gasteiger partial charge >= 0.3 is 0 Å². The second-order valence-corrected chi connectivity index (χ2v) is 5.67. The number of nitrogen functional groups attached to an aromatic ring is 1. The average molecular weight is 290 g/mol. The molecule has 0 atom stereocenters. The van der Waals surface area contributed by atoms with Gasteiger partial charge in [0.1, 0.15) is 5.52 Å². The number of aromatic nitrogens is 1. The lowest BCUT2D eigenvalue weighted by Crippen LogP contribution is -1.97. The summed E-state index contributed by atoms with van der Waals surface area (Å²) in [6.45, 7) is 0. The summed E-state index contributed by atoms with van der Waals surface area (Å²) in [7, 11) is -4.25. The van der Waals surface area contributed by atoms with E-state index < -0.39 is 10.1 Å². The molecule has 3 rings (SSSR count). The molecule has 0 radical (unpaired) electrons. The van der Waals surface area contributed by atoms with Gasteiger partial charge in [-0.15, -0.1) is 0 Å². The van der Waals surface area contributed by atoms with Crippen molar-refractivity contribution < 1.29 is 17.4 Å². The van der Waals surface area contributed by atoms with Crippen LogP contribution in [0.15, 0.2) is 51.8 Å². The number of oxazole rings is 1. The van der Waals surface area contributed by atoms with Gasteiger partial charge in [0.25, 0.3) is 10.1 Å². The third-order valence-corrected chi connectivity index (χ3v) is 3.66. The Morgan fingerprint density at radius 3 is 2.45 bits per heavy atom. The van der Waals surface area contributed by atoms with Crippen LogP contribution in [0.2, 0.25) is 0 Å². The van der Waals surface area contributed by atoms with Crippen molar-refractivity contribution >= 4 is 26.9 Å². The van der Waals surface area contributed by atoms with E-state index in [9.17, 15) is 8.42 Å². The number of benzene rings is 2. The maximum absolute atomic E-state index is 11.1. The van der Waals surface area contributed by atoms with Crippen molar-refractivity contribution in [3.05, 3.63) is 42.5 Å². The van der Waals surface area contributed by atoms with E-state index in [1.165, 1.54) is 18.2 Å². The lowest BCUT2D eigenvalue weighted by atomic mass is 10.2. The molecule has 3 aromatic rings. The normalized spacial score (nSPS) is 11.8. The van der Waals surface area contributed by atoms with E-state index in [1.807, 2.05) is 0 Å². The maximum atomic E-state index is 11.1. The summed E-state index contributed by atoms with van der Waals surface area (Å²) in [6.07, 6.45) is 0. The van der Waals surface area contributed by atoms with Crippen LogP contribution in [-0.4, -0.2) is 18.0 Å². The van der Waals surface area contributed by atoms with E-state index in [0.29, 0.717) is 22.7 Å². The molecule has 1 aromatic heterocycles. The van der Waals surface area contributed by atoms with E-state index >= 15 is 0 Å². The predicted octanol–water partition coefficient (Wildman–Crippen LogP) is 2.32. The van der Waals surface area contributed by atoms with Gasteiger partial charge in [-0.05, 0) is 42.5 Å². The summed E-state index contributed by atoms with van der Waals surface area (Å²) in [6, 6.07) is 10.9. The number of anilines is 1. The van der Waals surface area contributed by atoms with Gasteiger partial charge in [0.15, 0.2) is 5.58 Å². The first-order valence-electron chi connectivity index (χ1n) is 5.67. The molecule has 3 N–H and O–H groups in total. The minimum Gasteiger partial charge on any atom is -0.436 e. The smallest absolute Gasteiger partial charge is 0.294 e. The fourth-order valence-electron chi connectivity index (χ4n) is 1.82. The molecular formula is C13H10N2O4S. The number of rotatable bonds is 2. The van der Waals surface area contributed by atoms with E-state index in [2.05, 4.69) is 4.98 Å². The van der Waals surface area contributed by atoms with Gasteiger partial charge in [0.05, 0.1) is 4.90 Å². The second kappa shape index (κ2) is 4.32. The Labute approximate surface area is 114 Å². The number of fused-ring (bicyclic) bond motifs is 1. The molecule has 0 aliphatic heterocycles. The molecule has 0 spiro atoms. The van der Waals surface area contributed by atoms with E-state index in [1.54, 1.807) is 24.3 Å². The van der Waals surface area contributed by atoms with E-state index in [4.69, 9.17) is 14.7 Å². The van der Waals surface area contributed by atoms with Crippen molar-refractivity contribution in [2.24, 2.45) is 0 Å². The number of nitrogens with two attached hydrogens (primary N) is 1. The minimum absolute atomic E-state index is 0.220. The first kappa shape index (κ1) is 12.6. The first-order chi connectivity index (χ1) is 9.43. The van der Waals surface area contributed by atoms with Crippen molar-refractivity contribution in [1.82, 2.24) is 4.98 Å². The van der Waals surface area contributed by atoms with Gasteiger partial charge in [-0.1, -0.05) is 0 Å². The number of hydrogen-bond donors (Lipinski definition) is 2. The molecule has 7 heteroatoms. The highest BCUT2D eigenvalue weighted by molar-refractivity contribution is 7.85. The van der Waals surface area contributed by atoms with Crippen molar-refractivity contribution in [2.75, 3.05) is 5.73 Å². The fraction of sp³-hybridized carbons (Fsp3) is 0. The molecule has 102 valence electrons. The van der Waals surface area contributed by atoms with Crippen molar-refractivity contribution in [3.63, 3.8) is 0 Å². The second-order valence-electron chi connectivity index (χ2n) is 4.25. The molecule has 2 aromatic carbocycles. The molecular weight excluding hydrogens is 280 g/mol. The maximum Gasteiger partial charge on any atom is 0.294 e. The van der Waals surface area contributed by atoms with Gasteiger partial charge in [-0.3, -0.25) is 4.55 Å². The lowest BCUT2D eigenvalue weighted by molar-refractivity contribution is 0.483. The van der Waals surface area contributed by atoms with Crippen molar-refractivity contribution in [2.45, 2.75) is 4.90 Å². The Bertz CT molecular complexity index is 882. The van der Waals surface area contributed by atoms with Gasteiger partial charge in [-0.25, -0.2) is 4.98 Å². The van der Waals surface area contributed by atoms with Crippen LogP contribution in [0.4, 0.5) is 5.69 Å². The Morgan fingerprint density at radius 2 is 1.80 bits per heavy atom. The quantitative estimate of drug-likeness (QED) is 0.554. The molecule has 0 saturated heterocycles. The number of hydrogen-bond acceptors (Lipinski definition) is 5. The molecule has 6 nitrogen and oxygen atoms in total. The monoisotopic (exact) mass is 290 g/mol. The minimum atomic E-state index is -4.25. The predicted molar refractivity (Wildman–Crippen MR) is 73.7 cm³/mol. The summed E-state index contributed by atoms with van der Waals surface area (Å²) >= 11 is 0. The summed E-state index contributed by atoms with van der Waals surface area (Å²) in [5.41, 5.74) is 7.74. The Hall–Kier alpha value is -2.38. The largest absolute Gasteiger partial charge is 0.436 e. The molecule has 20 heavy (non-hydrogen) atoms. The topological polar surface area (TPSA) is 106 Å². The van der Waals surface area contributed by atoms with Crippen molar-refractivity contribution in [1.29, 1.82) is 0 Å². The molecule has 0 amide bonds. The standard InChI is InChI=1S/C13H10N2O4S/c14-9-3-1-8(2-4-9)13-15-11-7-10(20(16,17)18)5-6-12(11)19-13/h1-7H,14H2,(H,16,17,18). The van der Waals surface area contributed by atoms with Crippen LogP contribution in [0.1, 0.15) is 0 Å². The molecule has 0 bridgehead atoms. The zero-order valence-corrected chi connectivity index (χ0v) is 11.0. The summed E-state index contributed by atoms with van der Waals surface area (Å²) < 4.78 is 36.7. The summed E-state index contributed by atoms with van der Waals surface area (Å²) in [5.74, 6) is 0.354. The molecule has 0 aliphatic rings. The zero-order chi connectivity index (χ0) is 14.3.